The largest absolute Gasteiger partial charge is 0.384 e. The van der Waals surface area contributed by atoms with Gasteiger partial charge in [0.05, 0.1) is 5.56 Å². The van der Waals surface area contributed by atoms with E-state index in [1.807, 2.05) is 0 Å². The second-order valence-corrected chi connectivity index (χ2v) is 5.01. The monoisotopic (exact) mass is 258 g/mol. The number of hydrogen-bond acceptors (Lipinski definition) is 3. The average molecular weight is 258 g/mol. The van der Waals surface area contributed by atoms with Crippen LogP contribution >= 0.6 is 0 Å². The molecule has 4 heteroatoms. The molecule has 0 spiro atoms. The van der Waals surface area contributed by atoms with Crippen LogP contribution in [0.5, 0.6) is 0 Å². The van der Waals surface area contributed by atoms with Crippen molar-refractivity contribution < 1.29 is 9.90 Å². The Morgan fingerprint density at radius 3 is 3.05 bits per heavy atom. The van der Waals surface area contributed by atoms with Gasteiger partial charge in [0.25, 0.3) is 5.91 Å². The highest BCUT2D eigenvalue weighted by molar-refractivity contribution is 5.94. The van der Waals surface area contributed by atoms with Crippen LogP contribution in [0.15, 0.2) is 18.5 Å². The van der Waals surface area contributed by atoms with Crippen LogP contribution in [0.4, 0.5) is 0 Å². The van der Waals surface area contributed by atoms with E-state index >= 15 is 0 Å². The third-order valence-electron chi connectivity index (χ3n) is 3.34. The summed E-state index contributed by atoms with van der Waals surface area (Å²) in [5, 5.41) is 11.7. The SMILES string of the molecule is CC1CCC(NC(=O)c2cncc(C#CCO)c2)C1. The lowest BCUT2D eigenvalue weighted by molar-refractivity contribution is 0.0937. The quantitative estimate of drug-likeness (QED) is 0.787. The zero-order valence-corrected chi connectivity index (χ0v) is 11.0. The Kier molecular flexibility index (Phi) is 4.53. The van der Waals surface area contributed by atoms with E-state index in [-0.39, 0.29) is 18.6 Å². The molecule has 1 amide bonds. The molecule has 100 valence electrons. The maximum Gasteiger partial charge on any atom is 0.253 e. The molecule has 1 aliphatic rings. The predicted octanol–water partition coefficient (Wildman–Crippen LogP) is 1.34. The second kappa shape index (κ2) is 6.35. The molecule has 2 rings (SSSR count). The van der Waals surface area contributed by atoms with Crippen molar-refractivity contribution in [1.29, 1.82) is 0 Å². The summed E-state index contributed by atoms with van der Waals surface area (Å²) in [6, 6.07) is 1.97. The molecule has 0 aliphatic heterocycles. The number of aliphatic hydroxyl groups is 1. The fourth-order valence-corrected chi connectivity index (χ4v) is 2.38. The van der Waals surface area contributed by atoms with E-state index in [0.29, 0.717) is 17.0 Å². The first-order valence-electron chi connectivity index (χ1n) is 6.54. The molecule has 0 radical (unpaired) electrons. The molecule has 2 N–H and O–H groups in total. The van der Waals surface area contributed by atoms with Crippen LogP contribution in [0, 0.1) is 17.8 Å². The van der Waals surface area contributed by atoms with Crippen LogP contribution in [0.1, 0.15) is 42.1 Å². The summed E-state index contributed by atoms with van der Waals surface area (Å²) in [7, 11) is 0. The van der Waals surface area contributed by atoms with Gasteiger partial charge in [-0.15, -0.1) is 0 Å². The van der Waals surface area contributed by atoms with Gasteiger partial charge in [-0.25, -0.2) is 0 Å². The molecule has 1 aromatic heterocycles. The van der Waals surface area contributed by atoms with Gasteiger partial charge < -0.3 is 10.4 Å². The minimum atomic E-state index is -0.198. The van der Waals surface area contributed by atoms with E-state index in [0.717, 1.165) is 12.8 Å². The smallest absolute Gasteiger partial charge is 0.253 e. The molecule has 0 bridgehead atoms. The van der Waals surface area contributed by atoms with Gasteiger partial charge in [0.2, 0.25) is 0 Å². The molecular weight excluding hydrogens is 240 g/mol. The minimum absolute atomic E-state index is 0.0979. The lowest BCUT2D eigenvalue weighted by Gasteiger charge is -2.12. The van der Waals surface area contributed by atoms with Gasteiger partial charge in [-0.3, -0.25) is 9.78 Å². The molecule has 0 saturated heterocycles. The van der Waals surface area contributed by atoms with Gasteiger partial charge in [0.1, 0.15) is 6.61 Å². The Morgan fingerprint density at radius 2 is 2.37 bits per heavy atom. The first-order chi connectivity index (χ1) is 9.19. The first-order valence-corrected chi connectivity index (χ1v) is 6.54. The van der Waals surface area contributed by atoms with Crippen LogP contribution < -0.4 is 5.32 Å². The Hall–Kier alpha value is -1.86. The maximum atomic E-state index is 12.1. The Labute approximate surface area is 113 Å². The minimum Gasteiger partial charge on any atom is -0.384 e. The van der Waals surface area contributed by atoms with E-state index in [1.54, 1.807) is 12.3 Å². The molecule has 1 aromatic rings. The van der Waals surface area contributed by atoms with E-state index < -0.39 is 0 Å². The molecule has 1 aliphatic carbocycles. The Bertz CT molecular complexity index is 516. The Balaban J connectivity index is 2.02. The number of aliphatic hydroxyl groups excluding tert-OH is 1. The predicted molar refractivity (Wildman–Crippen MR) is 72.5 cm³/mol. The normalized spacial score (nSPS) is 21.6. The van der Waals surface area contributed by atoms with Gasteiger partial charge in [-0.2, -0.15) is 0 Å². The van der Waals surface area contributed by atoms with Crippen molar-refractivity contribution >= 4 is 5.91 Å². The van der Waals surface area contributed by atoms with Crippen molar-refractivity contribution in [2.24, 2.45) is 5.92 Å². The number of nitrogens with one attached hydrogen (secondary N) is 1. The van der Waals surface area contributed by atoms with Crippen LogP contribution in [0.2, 0.25) is 0 Å². The number of carbonyl (C=O) groups excluding carboxylic acids is 1. The number of amides is 1. The lowest BCUT2D eigenvalue weighted by atomic mass is 10.1. The number of nitrogens with zero attached hydrogens (tertiary/aromatic N) is 1. The number of aromatic nitrogens is 1. The fourth-order valence-electron chi connectivity index (χ4n) is 2.38. The summed E-state index contributed by atoms with van der Waals surface area (Å²) in [6.45, 7) is 2.01. The lowest BCUT2D eigenvalue weighted by Crippen LogP contribution is -2.32. The molecule has 4 nitrogen and oxygen atoms in total. The number of pyridine rings is 1. The van der Waals surface area contributed by atoms with Crippen molar-refractivity contribution in [2.45, 2.75) is 32.2 Å². The summed E-state index contributed by atoms with van der Waals surface area (Å²) in [5.74, 6) is 5.88. The molecule has 1 heterocycles. The van der Waals surface area contributed by atoms with Crippen LogP contribution in [0.25, 0.3) is 0 Å². The average Bonchev–Trinajstić information content (AvgIpc) is 2.82. The van der Waals surface area contributed by atoms with Crippen LogP contribution in [-0.2, 0) is 0 Å². The zero-order chi connectivity index (χ0) is 13.7. The van der Waals surface area contributed by atoms with Gasteiger partial charge in [-0.1, -0.05) is 18.8 Å². The maximum absolute atomic E-state index is 12.1. The third-order valence-corrected chi connectivity index (χ3v) is 3.34. The van der Waals surface area contributed by atoms with Crippen molar-refractivity contribution in [3.63, 3.8) is 0 Å². The topological polar surface area (TPSA) is 62.2 Å². The summed E-state index contributed by atoms with van der Waals surface area (Å²) >= 11 is 0. The van der Waals surface area contributed by atoms with Crippen molar-refractivity contribution in [3.8, 4) is 11.8 Å². The number of carbonyl (C=O) groups is 1. The molecule has 1 fully saturated rings. The first kappa shape index (κ1) is 13.6. The second-order valence-electron chi connectivity index (χ2n) is 5.01. The number of rotatable bonds is 2. The highest BCUT2D eigenvalue weighted by Crippen LogP contribution is 2.24. The highest BCUT2D eigenvalue weighted by Gasteiger charge is 2.23. The Morgan fingerprint density at radius 1 is 1.53 bits per heavy atom. The van der Waals surface area contributed by atoms with Gasteiger partial charge in [0, 0.05) is 24.0 Å². The summed E-state index contributed by atoms with van der Waals surface area (Å²) in [5.41, 5.74) is 1.16. The highest BCUT2D eigenvalue weighted by atomic mass is 16.2. The molecule has 1 saturated carbocycles. The standard InChI is InChI=1S/C15H18N2O2/c1-11-4-5-14(7-11)17-15(19)13-8-12(3-2-6-18)9-16-10-13/h8-11,14,18H,4-7H2,1H3,(H,17,19). The number of hydrogen-bond donors (Lipinski definition) is 2. The molecule has 2 unspecified atom stereocenters. The molecule has 2 atom stereocenters. The van der Waals surface area contributed by atoms with Gasteiger partial charge >= 0.3 is 0 Å². The van der Waals surface area contributed by atoms with Crippen molar-refractivity contribution in [1.82, 2.24) is 10.3 Å². The van der Waals surface area contributed by atoms with E-state index in [2.05, 4.69) is 29.1 Å². The molecule has 19 heavy (non-hydrogen) atoms. The van der Waals surface area contributed by atoms with Gasteiger partial charge in [-0.05, 0) is 31.2 Å². The summed E-state index contributed by atoms with van der Waals surface area (Å²) < 4.78 is 0. The zero-order valence-electron chi connectivity index (χ0n) is 11.0. The summed E-state index contributed by atoms with van der Waals surface area (Å²) in [4.78, 5) is 16.1. The van der Waals surface area contributed by atoms with E-state index in [1.165, 1.54) is 12.6 Å². The van der Waals surface area contributed by atoms with Gasteiger partial charge in [0.15, 0.2) is 0 Å². The third kappa shape index (κ3) is 3.80. The van der Waals surface area contributed by atoms with Crippen LogP contribution in [0.3, 0.4) is 0 Å². The molecule has 0 aromatic carbocycles. The molecular formula is C15H18N2O2. The summed E-state index contributed by atoms with van der Waals surface area (Å²) in [6.07, 6.45) is 6.38. The van der Waals surface area contributed by atoms with Crippen molar-refractivity contribution in [3.05, 3.63) is 29.6 Å². The van der Waals surface area contributed by atoms with E-state index in [9.17, 15) is 4.79 Å². The fraction of sp³-hybridized carbons (Fsp3) is 0.467. The van der Waals surface area contributed by atoms with E-state index in [4.69, 9.17) is 5.11 Å². The van der Waals surface area contributed by atoms with Crippen molar-refractivity contribution in [2.75, 3.05) is 6.61 Å². The van der Waals surface area contributed by atoms with Crippen LogP contribution in [-0.4, -0.2) is 28.6 Å².